The van der Waals surface area contributed by atoms with E-state index in [1.54, 1.807) is 12.5 Å². The van der Waals surface area contributed by atoms with Gasteiger partial charge in [-0.1, -0.05) is 13.8 Å². The first kappa shape index (κ1) is 19.2. The van der Waals surface area contributed by atoms with Crippen molar-refractivity contribution < 1.29 is 13.6 Å². The summed E-state index contributed by atoms with van der Waals surface area (Å²) in [6, 6.07) is 8.01. The number of rotatable bonds is 7. The molecule has 0 aliphatic heterocycles. The molecule has 2 heterocycles. The van der Waals surface area contributed by atoms with Gasteiger partial charge in [0, 0.05) is 17.5 Å². The largest absolute Gasteiger partial charge is 0.468 e. The molecule has 1 unspecified atom stereocenters. The van der Waals surface area contributed by atoms with Gasteiger partial charge in [0.1, 0.15) is 11.3 Å². The summed E-state index contributed by atoms with van der Waals surface area (Å²) in [6.07, 6.45) is 3.65. The van der Waals surface area contributed by atoms with E-state index in [9.17, 15) is 4.79 Å². The summed E-state index contributed by atoms with van der Waals surface area (Å²) in [4.78, 5) is 14.6. The summed E-state index contributed by atoms with van der Waals surface area (Å²) < 4.78 is 11.2. The second-order valence-corrected chi connectivity index (χ2v) is 7.60. The van der Waals surface area contributed by atoms with Crippen LogP contribution in [0.1, 0.15) is 48.3 Å². The van der Waals surface area contributed by atoms with Gasteiger partial charge in [-0.3, -0.25) is 9.69 Å². The molecule has 5 heteroatoms. The summed E-state index contributed by atoms with van der Waals surface area (Å²) in [5.41, 5.74) is 4.26. The lowest BCUT2D eigenvalue weighted by Gasteiger charge is -2.22. The molecular weight excluding hydrogens is 340 g/mol. The molecule has 3 rings (SSSR count). The van der Waals surface area contributed by atoms with E-state index < -0.39 is 0 Å². The Bertz CT molecular complexity index is 907. The highest BCUT2D eigenvalue weighted by Crippen LogP contribution is 2.29. The molecule has 1 N–H and O–H groups in total. The molecule has 0 fully saturated rings. The third kappa shape index (κ3) is 4.25. The van der Waals surface area contributed by atoms with E-state index in [-0.39, 0.29) is 11.9 Å². The van der Waals surface area contributed by atoms with Crippen molar-refractivity contribution in [3.05, 3.63) is 59.2 Å². The van der Waals surface area contributed by atoms with E-state index >= 15 is 0 Å². The zero-order valence-electron chi connectivity index (χ0n) is 16.7. The van der Waals surface area contributed by atoms with Crippen molar-refractivity contribution >= 4 is 16.9 Å². The van der Waals surface area contributed by atoms with E-state index in [0.717, 1.165) is 22.3 Å². The molecule has 0 spiro atoms. The molecule has 0 saturated carbocycles. The van der Waals surface area contributed by atoms with Crippen molar-refractivity contribution in [3.63, 3.8) is 0 Å². The van der Waals surface area contributed by atoms with Gasteiger partial charge < -0.3 is 14.2 Å². The monoisotopic (exact) mass is 368 g/mol. The topological polar surface area (TPSA) is 58.6 Å². The standard InChI is InChI=1S/C22H28N2O3/c1-14(2)17-11-18-16(13-27-21(18)9-15(17)3)10-22(25)23-12-19(24(4)5)20-7-6-8-26-20/h6-9,11,13-14,19H,10,12H2,1-5H3,(H,23,25). The van der Waals surface area contributed by atoms with Gasteiger partial charge in [-0.05, 0) is 62.3 Å². The zero-order valence-corrected chi connectivity index (χ0v) is 16.7. The predicted octanol–water partition coefficient (Wildman–Crippen LogP) is 4.42. The first-order valence-corrected chi connectivity index (χ1v) is 9.34. The molecule has 0 bridgehead atoms. The fourth-order valence-electron chi connectivity index (χ4n) is 3.47. The number of nitrogens with one attached hydrogen (secondary N) is 1. The molecule has 0 radical (unpaired) electrons. The lowest BCUT2D eigenvalue weighted by Crippen LogP contribution is -2.35. The Morgan fingerprint density at radius 3 is 2.63 bits per heavy atom. The minimum absolute atomic E-state index is 0.000220. The van der Waals surface area contributed by atoms with Gasteiger partial charge in [-0.2, -0.15) is 0 Å². The average molecular weight is 368 g/mol. The van der Waals surface area contributed by atoms with Crippen LogP contribution in [0.5, 0.6) is 0 Å². The SMILES string of the molecule is Cc1cc2occ(CC(=O)NCC(c3ccco3)N(C)C)c2cc1C(C)C. The minimum Gasteiger partial charge on any atom is -0.468 e. The number of aryl methyl sites for hydroxylation is 1. The fourth-order valence-corrected chi connectivity index (χ4v) is 3.47. The van der Waals surface area contributed by atoms with Gasteiger partial charge in [-0.25, -0.2) is 0 Å². The van der Waals surface area contributed by atoms with Gasteiger partial charge in [0.15, 0.2) is 0 Å². The van der Waals surface area contributed by atoms with Crippen molar-refractivity contribution in [2.24, 2.45) is 0 Å². The zero-order chi connectivity index (χ0) is 19.6. The molecule has 144 valence electrons. The number of nitrogens with zero attached hydrogens (tertiary/aromatic N) is 1. The molecule has 1 atom stereocenters. The summed E-state index contributed by atoms with van der Waals surface area (Å²) in [5, 5.41) is 4.04. The number of benzene rings is 1. The van der Waals surface area contributed by atoms with Gasteiger partial charge in [-0.15, -0.1) is 0 Å². The lowest BCUT2D eigenvalue weighted by molar-refractivity contribution is -0.120. The van der Waals surface area contributed by atoms with Crippen LogP contribution in [0.4, 0.5) is 0 Å². The molecule has 27 heavy (non-hydrogen) atoms. The number of hydrogen-bond acceptors (Lipinski definition) is 4. The molecule has 5 nitrogen and oxygen atoms in total. The number of hydrogen-bond donors (Lipinski definition) is 1. The van der Waals surface area contributed by atoms with Crippen molar-refractivity contribution in [3.8, 4) is 0 Å². The predicted molar refractivity (Wildman–Crippen MR) is 107 cm³/mol. The fraction of sp³-hybridized carbons (Fsp3) is 0.409. The number of fused-ring (bicyclic) bond motifs is 1. The molecule has 0 aliphatic carbocycles. The number of amides is 1. The summed E-state index contributed by atoms with van der Waals surface area (Å²) in [5.74, 6) is 1.24. The Labute approximate surface area is 160 Å². The molecule has 1 amide bonds. The molecule has 2 aromatic heterocycles. The second-order valence-electron chi connectivity index (χ2n) is 7.60. The van der Waals surface area contributed by atoms with Crippen LogP contribution in [0, 0.1) is 6.92 Å². The van der Waals surface area contributed by atoms with Crippen LogP contribution in [0.3, 0.4) is 0 Å². The Morgan fingerprint density at radius 1 is 1.22 bits per heavy atom. The number of furan rings is 2. The van der Waals surface area contributed by atoms with Crippen molar-refractivity contribution in [2.45, 2.75) is 39.2 Å². The summed E-state index contributed by atoms with van der Waals surface area (Å²) in [7, 11) is 3.94. The molecule has 3 aromatic rings. The maximum Gasteiger partial charge on any atom is 0.224 e. The average Bonchev–Trinajstić information content (AvgIpc) is 3.24. The summed E-state index contributed by atoms with van der Waals surface area (Å²) >= 11 is 0. The van der Waals surface area contributed by atoms with Crippen LogP contribution in [-0.2, 0) is 11.2 Å². The van der Waals surface area contributed by atoms with E-state index in [1.807, 2.05) is 31.1 Å². The molecule has 0 aliphatic rings. The first-order valence-electron chi connectivity index (χ1n) is 9.34. The van der Waals surface area contributed by atoms with Gasteiger partial charge >= 0.3 is 0 Å². The van der Waals surface area contributed by atoms with Gasteiger partial charge in [0.2, 0.25) is 5.91 Å². The third-order valence-corrected chi connectivity index (χ3v) is 5.00. The number of carbonyl (C=O) groups excluding carboxylic acids is 1. The number of likely N-dealkylation sites (N-methyl/N-ethyl adjacent to an activating group) is 1. The van der Waals surface area contributed by atoms with Gasteiger partial charge in [0.05, 0.1) is 25.0 Å². The van der Waals surface area contributed by atoms with Crippen LogP contribution in [0.25, 0.3) is 11.0 Å². The Kier molecular flexibility index (Phi) is 5.71. The van der Waals surface area contributed by atoms with Crippen LogP contribution in [0.2, 0.25) is 0 Å². The Morgan fingerprint density at radius 2 is 2.00 bits per heavy atom. The van der Waals surface area contributed by atoms with Crippen LogP contribution < -0.4 is 5.32 Å². The summed E-state index contributed by atoms with van der Waals surface area (Å²) in [6.45, 7) is 6.94. The quantitative estimate of drug-likeness (QED) is 0.671. The normalized spacial score (nSPS) is 12.9. The maximum absolute atomic E-state index is 12.5. The van der Waals surface area contributed by atoms with E-state index in [0.29, 0.717) is 18.9 Å². The number of carbonyl (C=O) groups is 1. The van der Waals surface area contributed by atoms with E-state index in [1.165, 1.54) is 11.1 Å². The Balaban J connectivity index is 1.71. The maximum atomic E-state index is 12.5. The van der Waals surface area contributed by atoms with Crippen LogP contribution in [0.15, 0.2) is 45.6 Å². The van der Waals surface area contributed by atoms with E-state index in [4.69, 9.17) is 8.83 Å². The molecular formula is C22H28N2O3. The lowest BCUT2D eigenvalue weighted by atomic mass is 9.95. The van der Waals surface area contributed by atoms with Crippen molar-refractivity contribution in [1.82, 2.24) is 10.2 Å². The van der Waals surface area contributed by atoms with E-state index in [2.05, 4.69) is 38.2 Å². The highest BCUT2D eigenvalue weighted by Gasteiger charge is 2.19. The second kappa shape index (κ2) is 8.01. The van der Waals surface area contributed by atoms with Crippen LogP contribution >= 0.6 is 0 Å². The highest BCUT2D eigenvalue weighted by molar-refractivity contribution is 5.88. The van der Waals surface area contributed by atoms with Crippen molar-refractivity contribution in [2.75, 3.05) is 20.6 Å². The third-order valence-electron chi connectivity index (χ3n) is 5.00. The smallest absolute Gasteiger partial charge is 0.224 e. The first-order chi connectivity index (χ1) is 12.9. The van der Waals surface area contributed by atoms with Gasteiger partial charge in [0.25, 0.3) is 0 Å². The highest BCUT2D eigenvalue weighted by atomic mass is 16.3. The Hall–Kier alpha value is -2.53. The molecule has 0 saturated heterocycles. The minimum atomic E-state index is -0.0252. The molecule has 1 aromatic carbocycles. The van der Waals surface area contributed by atoms with Crippen molar-refractivity contribution in [1.29, 1.82) is 0 Å². The van der Waals surface area contributed by atoms with Crippen LogP contribution in [-0.4, -0.2) is 31.4 Å².